The van der Waals surface area contributed by atoms with Crippen LogP contribution in [0.2, 0.25) is 0 Å². The molecular weight excluding hydrogens is 165 g/mol. The van der Waals surface area contributed by atoms with Crippen molar-refractivity contribution in [3.63, 3.8) is 0 Å². The average molecular weight is 179 g/mol. The van der Waals surface area contributed by atoms with E-state index in [1.165, 1.54) is 6.42 Å². The molecule has 1 saturated carbocycles. The Hall–Kier alpha value is 0.430. The molecule has 0 bridgehead atoms. The van der Waals surface area contributed by atoms with E-state index in [9.17, 15) is 9.90 Å². The van der Waals surface area contributed by atoms with Crippen LogP contribution in [-0.2, 0) is 4.79 Å². The SMILES string of the molecule is NC(C(=O)[O-])C1CCCCC1.[Na+]. The molecule has 0 spiro atoms. The Balaban J connectivity index is 0.00000121. The first-order valence-corrected chi connectivity index (χ1v) is 4.18. The minimum atomic E-state index is -1.10. The summed E-state index contributed by atoms with van der Waals surface area (Å²) in [4.78, 5) is 10.4. The molecule has 4 heteroatoms. The van der Waals surface area contributed by atoms with Gasteiger partial charge in [0.2, 0.25) is 0 Å². The molecule has 1 rings (SSSR count). The van der Waals surface area contributed by atoms with Crippen molar-refractivity contribution in [2.75, 3.05) is 0 Å². The molecule has 0 radical (unpaired) electrons. The fraction of sp³-hybridized carbons (Fsp3) is 0.875. The average Bonchev–Trinajstić information content (AvgIpc) is 2.05. The fourth-order valence-electron chi connectivity index (χ4n) is 1.69. The molecule has 0 aromatic carbocycles. The number of carbonyl (C=O) groups excluding carboxylic acids is 1. The summed E-state index contributed by atoms with van der Waals surface area (Å²) in [5.41, 5.74) is 5.43. The Labute approximate surface area is 95.0 Å². The second-order valence-corrected chi connectivity index (χ2v) is 3.24. The van der Waals surface area contributed by atoms with Crippen molar-refractivity contribution in [2.24, 2.45) is 11.7 Å². The van der Waals surface area contributed by atoms with Crippen LogP contribution in [0.3, 0.4) is 0 Å². The van der Waals surface area contributed by atoms with Crippen molar-refractivity contribution in [3.8, 4) is 0 Å². The second-order valence-electron chi connectivity index (χ2n) is 3.24. The number of hydrogen-bond donors (Lipinski definition) is 1. The number of aliphatic carboxylic acids is 1. The molecule has 0 aliphatic heterocycles. The third kappa shape index (κ3) is 3.44. The Morgan fingerprint density at radius 1 is 1.33 bits per heavy atom. The van der Waals surface area contributed by atoms with Crippen LogP contribution in [0.4, 0.5) is 0 Å². The zero-order valence-corrected chi connectivity index (χ0v) is 9.58. The predicted molar refractivity (Wildman–Crippen MR) is 39.6 cm³/mol. The maximum atomic E-state index is 10.4. The number of carboxylic acid groups (broad SMARTS) is 1. The van der Waals surface area contributed by atoms with Gasteiger partial charge in [-0.3, -0.25) is 0 Å². The molecule has 1 fully saturated rings. The largest absolute Gasteiger partial charge is 1.00 e. The van der Waals surface area contributed by atoms with Crippen LogP contribution in [0.15, 0.2) is 0 Å². The Morgan fingerprint density at radius 3 is 2.25 bits per heavy atom. The number of nitrogens with two attached hydrogens (primary N) is 1. The van der Waals surface area contributed by atoms with E-state index < -0.39 is 12.0 Å². The van der Waals surface area contributed by atoms with Gasteiger partial charge in [-0.1, -0.05) is 19.3 Å². The molecule has 1 aliphatic carbocycles. The van der Waals surface area contributed by atoms with Gasteiger partial charge in [-0.05, 0) is 18.8 Å². The summed E-state index contributed by atoms with van der Waals surface area (Å²) in [6.45, 7) is 0. The van der Waals surface area contributed by atoms with Crippen LogP contribution in [0, 0.1) is 5.92 Å². The van der Waals surface area contributed by atoms with Crippen LogP contribution in [0.1, 0.15) is 32.1 Å². The zero-order chi connectivity index (χ0) is 8.27. The number of hydrogen-bond acceptors (Lipinski definition) is 3. The maximum Gasteiger partial charge on any atom is 1.00 e. The summed E-state index contributed by atoms with van der Waals surface area (Å²) < 4.78 is 0. The van der Waals surface area contributed by atoms with E-state index >= 15 is 0 Å². The summed E-state index contributed by atoms with van der Waals surface area (Å²) in [7, 11) is 0. The van der Waals surface area contributed by atoms with Gasteiger partial charge in [0, 0.05) is 6.04 Å². The van der Waals surface area contributed by atoms with Crippen LogP contribution < -0.4 is 40.4 Å². The van der Waals surface area contributed by atoms with Gasteiger partial charge < -0.3 is 15.6 Å². The molecule has 1 aliphatic rings. The first-order valence-electron chi connectivity index (χ1n) is 4.18. The quantitative estimate of drug-likeness (QED) is 0.450. The molecule has 0 heterocycles. The van der Waals surface area contributed by atoms with Gasteiger partial charge in [-0.25, -0.2) is 0 Å². The van der Waals surface area contributed by atoms with E-state index in [-0.39, 0.29) is 35.5 Å². The first-order chi connectivity index (χ1) is 5.22. The van der Waals surface area contributed by atoms with Gasteiger partial charge in [0.15, 0.2) is 0 Å². The minimum Gasteiger partial charge on any atom is -0.548 e. The molecule has 1 atom stereocenters. The van der Waals surface area contributed by atoms with Crippen molar-refractivity contribution < 1.29 is 39.5 Å². The smallest absolute Gasteiger partial charge is 0.548 e. The summed E-state index contributed by atoms with van der Waals surface area (Å²) >= 11 is 0. The van der Waals surface area contributed by atoms with Crippen molar-refractivity contribution in [3.05, 3.63) is 0 Å². The first kappa shape index (κ1) is 12.4. The summed E-state index contributed by atoms with van der Waals surface area (Å²) in [5.74, 6) is -0.939. The third-order valence-corrected chi connectivity index (χ3v) is 2.43. The van der Waals surface area contributed by atoms with Gasteiger partial charge in [-0.2, -0.15) is 0 Å². The molecule has 64 valence electrons. The molecular formula is C8H14NNaO2. The Morgan fingerprint density at radius 2 is 1.83 bits per heavy atom. The van der Waals surface area contributed by atoms with E-state index in [1.807, 2.05) is 0 Å². The zero-order valence-electron chi connectivity index (χ0n) is 7.58. The Kier molecular flexibility index (Phi) is 6.19. The van der Waals surface area contributed by atoms with E-state index in [2.05, 4.69) is 0 Å². The van der Waals surface area contributed by atoms with Gasteiger partial charge >= 0.3 is 29.6 Å². The van der Waals surface area contributed by atoms with Crippen LogP contribution in [0.25, 0.3) is 0 Å². The number of rotatable bonds is 2. The van der Waals surface area contributed by atoms with Crippen molar-refractivity contribution >= 4 is 5.97 Å². The molecule has 12 heavy (non-hydrogen) atoms. The number of carboxylic acids is 1. The summed E-state index contributed by atoms with van der Waals surface area (Å²) in [6.07, 6.45) is 5.36. The van der Waals surface area contributed by atoms with Crippen LogP contribution >= 0.6 is 0 Å². The molecule has 2 N–H and O–H groups in total. The normalized spacial score (nSPS) is 21.1. The maximum absolute atomic E-state index is 10.4. The summed E-state index contributed by atoms with van der Waals surface area (Å²) in [5, 5.41) is 10.4. The van der Waals surface area contributed by atoms with E-state index in [0.29, 0.717) is 0 Å². The van der Waals surface area contributed by atoms with Gasteiger partial charge in [0.05, 0.1) is 5.97 Å². The third-order valence-electron chi connectivity index (χ3n) is 2.43. The molecule has 1 unspecified atom stereocenters. The molecule has 0 aromatic heterocycles. The second kappa shape index (κ2) is 5.97. The van der Waals surface area contributed by atoms with E-state index in [0.717, 1.165) is 25.7 Å². The minimum absolute atomic E-state index is 0. The topological polar surface area (TPSA) is 66.2 Å². The van der Waals surface area contributed by atoms with E-state index in [4.69, 9.17) is 5.73 Å². The molecule has 0 aromatic rings. The standard InChI is InChI=1S/C8H15NO2.Na/c9-7(8(10)11)6-4-2-1-3-5-6;/h6-7H,1-5,9H2,(H,10,11);/q;+1/p-1. The predicted octanol–water partition coefficient (Wildman–Crippen LogP) is -3.35. The number of carbonyl (C=O) groups is 1. The van der Waals surface area contributed by atoms with Gasteiger partial charge in [0.1, 0.15) is 0 Å². The molecule has 3 nitrogen and oxygen atoms in total. The van der Waals surface area contributed by atoms with Crippen LogP contribution in [-0.4, -0.2) is 12.0 Å². The van der Waals surface area contributed by atoms with Crippen LogP contribution in [0.5, 0.6) is 0 Å². The van der Waals surface area contributed by atoms with Gasteiger partial charge in [-0.15, -0.1) is 0 Å². The van der Waals surface area contributed by atoms with E-state index in [1.54, 1.807) is 0 Å². The van der Waals surface area contributed by atoms with Crippen molar-refractivity contribution in [1.29, 1.82) is 0 Å². The van der Waals surface area contributed by atoms with Crippen molar-refractivity contribution in [1.82, 2.24) is 0 Å². The summed E-state index contributed by atoms with van der Waals surface area (Å²) in [6, 6.07) is -0.740. The molecule has 0 saturated heterocycles. The monoisotopic (exact) mass is 179 g/mol. The fourth-order valence-corrected chi connectivity index (χ4v) is 1.69. The molecule has 0 amide bonds. The Bertz CT molecular complexity index is 146. The van der Waals surface area contributed by atoms with Gasteiger partial charge in [0.25, 0.3) is 0 Å². The van der Waals surface area contributed by atoms with Crippen molar-refractivity contribution in [2.45, 2.75) is 38.1 Å².